The second kappa shape index (κ2) is 5.49. The van der Waals surface area contributed by atoms with Gasteiger partial charge in [0.2, 0.25) is 10.0 Å². The third-order valence-corrected chi connectivity index (χ3v) is 4.61. The zero-order valence-corrected chi connectivity index (χ0v) is 12.0. The number of sulfonamides is 1. The summed E-state index contributed by atoms with van der Waals surface area (Å²) in [5, 5.41) is 0.390. The molecule has 0 fully saturated rings. The van der Waals surface area contributed by atoms with Crippen molar-refractivity contribution in [3.8, 4) is 0 Å². The molecule has 1 aromatic rings. The summed E-state index contributed by atoms with van der Waals surface area (Å²) in [5.41, 5.74) is 5.30. The first-order chi connectivity index (χ1) is 7.75. The van der Waals surface area contributed by atoms with Gasteiger partial charge in [-0.15, -0.1) is 0 Å². The molecule has 0 saturated carbocycles. The average molecular weight is 313 g/mol. The van der Waals surface area contributed by atoms with E-state index < -0.39 is 10.0 Å². The van der Waals surface area contributed by atoms with Crippen LogP contribution in [0.3, 0.4) is 0 Å². The van der Waals surface area contributed by atoms with Crippen LogP contribution in [0.5, 0.6) is 0 Å². The van der Waals surface area contributed by atoms with Gasteiger partial charge >= 0.3 is 0 Å². The lowest BCUT2D eigenvalue weighted by Gasteiger charge is -2.17. The van der Waals surface area contributed by atoms with Crippen LogP contribution < -0.4 is 5.73 Å². The summed E-state index contributed by atoms with van der Waals surface area (Å²) in [5.74, 6) is 0. The highest BCUT2D eigenvalue weighted by Crippen LogP contribution is 2.26. The zero-order valence-electron chi connectivity index (χ0n) is 8.85. The van der Waals surface area contributed by atoms with E-state index in [-0.39, 0.29) is 26.5 Å². The molecule has 0 aliphatic rings. The minimum Gasteiger partial charge on any atom is -0.392 e. The summed E-state index contributed by atoms with van der Waals surface area (Å²) in [6.45, 7) is -0.0551. The molecule has 0 radical (unpaired) electrons. The van der Waals surface area contributed by atoms with Gasteiger partial charge in [-0.3, -0.25) is 0 Å². The monoisotopic (exact) mass is 312 g/mol. The third-order valence-electron chi connectivity index (χ3n) is 1.96. The van der Waals surface area contributed by atoms with E-state index in [2.05, 4.69) is 12.2 Å². The molecule has 17 heavy (non-hydrogen) atoms. The standard InChI is InChI=1S/C9H10Cl2N2O2S2/c1-13(5-9(12)16)17(14,15)8-4-6(10)2-3-7(8)11/h2-4H,5H2,1H3,(H2,12,16). The zero-order chi connectivity index (χ0) is 13.2. The van der Waals surface area contributed by atoms with Crippen molar-refractivity contribution >= 4 is 50.4 Å². The number of rotatable bonds is 4. The van der Waals surface area contributed by atoms with Gasteiger partial charge in [0.25, 0.3) is 0 Å². The van der Waals surface area contributed by atoms with E-state index >= 15 is 0 Å². The molecular formula is C9H10Cl2N2O2S2. The lowest BCUT2D eigenvalue weighted by Crippen LogP contribution is -2.34. The number of hydrogen-bond acceptors (Lipinski definition) is 3. The van der Waals surface area contributed by atoms with Gasteiger partial charge in [-0.1, -0.05) is 35.4 Å². The lowest BCUT2D eigenvalue weighted by atomic mass is 10.4. The Labute approximate surface area is 115 Å². The van der Waals surface area contributed by atoms with Crippen LogP contribution in [0.4, 0.5) is 0 Å². The van der Waals surface area contributed by atoms with Crippen molar-refractivity contribution < 1.29 is 8.42 Å². The second-order valence-electron chi connectivity index (χ2n) is 3.30. The molecule has 0 spiro atoms. The van der Waals surface area contributed by atoms with Crippen LogP contribution in [0.15, 0.2) is 23.1 Å². The van der Waals surface area contributed by atoms with E-state index in [1.54, 1.807) is 0 Å². The number of likely N-dealkylation sites (N-methyl/N-ethyl adjacent to an activating group) is 1. The maximum absolute atomic E-state index is 12.1. The Kier molecular flexibility index (Phi) is 4.74. The highest BCUT2D eigenvalue weighted by Gasteiger charge is 2.24. The smallest absolute Gasteiger partial charge is 0.244 e. The number of benzene rings is 1. The fourth-order valence-electron chi connectivity index (χ4n) is 1.15. The highest BCUT2D eigenvalue weighted by atomic mass is 35.5. The molecule has 0 unspecified atom stereocenters. The predicted molar refractivity (Wildman–Crippen MR) is 73.1 cm³/mol. The molecule has 0 amide bonds. The van der Waals surface area contributed by atoms with Gasteiger partial charge in [-0.2, -0.15) is 4.31 Å². The van der Waals surface area contributed by atoms with Crippen molar-refractivity contribution in [2.75, 3.05) is 13.6 Å². The number of hydrogen-bond donors (Lipinski definition) is 1. The number of thiocarbonyl (C=S) groups is 1. The summed E-state index contributed by atoms with van der Waals surface area (Å²) < 4.78 is 25.2. The van der Waals surface area contributed by atoms with Gasteiger partial charge in [0.15, 0.2) is 0 Å². The first-order valence-corrected chi connectivity index (χ1v) is 7.05. The Balaban J connectivity index is 3.21. The fraction of sp³-hybridized carbons (Fsp3) is 0.222. The average Bonchev–Trinajstić information content (AvgIpc) is 2.20. The Bertz CT molecular complexity index is 546. The molecular weight excluding hydrogens is 303 g/mol. The first-order valence-electron chi connectivity index (χ1n) is 4.45. The van der Waals surface area contributed by atoms with Gasteiger partial charge in [0, 0.05) is 12.1 Å². The van der Waals surface area contributed by atoms with Crippen LogP contribution in [0, 0.1) is 0 Å². The summed E-state index contributed by atoms with van der Waals surface area (Å²) in [4.78, 5) is 0.0136. The van der Waals surface area contributed by atoms with Crippen molar-refractivity contribution in [2.24, 2.45) is 5.73 Å². The third kappa shape index (κ3) is 3.53. The van der Waals surface area contributed by atoms with Crippen molar-refractivity contribution in [1.82, 2.24) is 4.31 Å². The molecule has 0 bridgehead atoms. The Morgan fingerprint density at radius 1 is 1.47 bits per heavy atom. The molecule has 94 valence electrons. The molecule has 0 heterocycles. The lowest BCUT2D eigenvalue weighted by molar-refractivity contribution is 0.506. The van der Waals surface area contributed by atoms with Crippen molar-refractivity contribution in [3.63, 3.8) is 0 Å². The highest BCUT2D eigenvalue weighted by molar-refractivity contribution is 7.89. The molecule has 0 atom stereocenters. The van der Waals surface area contributed by atoms with E-state index in [4.69, 9.17) is 28.9 Å². The quantitative estimate of drug-likeness (QED) is 0.862. The predicted octanol–water partition coefficient (Wildman–Crippen LogP) is 1.90. The summed E-state index contributed by atoms with van der Waals surface area (Å²) in [6, 6.07) is 4.22. The largest absolute Gasteiger partial charge is 0.392 e. The molecule has 8 heteroatoms. The summed E-state index contributed by atoms with van der Waals surface area (Å²) in [7, 11) is -2.37. The van der Waals surface area contributed by atoms with Gasteiger partial charge in [-0.05, 0) is 18.2 Å². The van der Waals surface area contributed by atoms with Crippen LogP contribution in [-0.4, -0.2) is 31.3 Å². The topological polar surface area (TPSA) is 63.4 Å². The second-order valence-corrected chi connectivity index (χ2v) is 6.68. The van der Waals surface area contributed by atoms with E-state index in [0.717, 1.165) is 4.31 Å². The summed E-state index contributed by atoms with van der Waals surface area (Å²) >= 11 is 16.2. The van der Waals surface area contributed by atoms with Crippen molar-refractivity contribution in [1.29, 1.82) is 0 Å². The van der Waals surface area contributed by atoms with Gasteiger partial charge < -0.3 is 5.73 Å². The van der Waals surface area contributed by atoms with E-state index in [1.807, 2.05) is 0 Å². The van der Waals surface area contributed by atoms with E-state index in [9.17, 15) is 8.42 Å². The molecule has 0 aliphatic heterocycles. The molecule has 0 saturated heterocycles. The maximum atomic E-state index is 12.1. The van der Waals surface area contributed by atoms with Crippen LogP contribution in [-0.2, 0) is 10.0 Å². The van der Waals surface area contributed by atoms with Crippen LogP contribution >= 0.6 is 35.4 Å². The Hall–Kier alpha value is -0.400. The molecule has 2 N–H and O–H groups in total. The van der Waals surface area contributed by atoms with Crippen LogP contribution in [0.25, 0.3) is 0 Å². The van der Waals surface area contributed by atoms with Crippen molar-refractivity contribution in [2.45, 2.75) is 4.90 Å². The van der Waals surface area contributed by atoms with Gasteiger partial charge in [0.05, 0.1) is 16.6 Å². The van der Waals surface area contributed by atoms with E-state index in [0.29, 0.717) is 0 Å². The molecule has 4 nitrogen and oxygen atoms in total. The number of nitrogens with zero attached hydrogens (tertiary/aromatic N) is 1. The maximum Gasteiger partial charge on any atom is 0.244 e. The number of halogens is 2. The van der Waals surface area contributed by atoms with Gasteiger partial charge in [-0.25, -0.2) is 8.42 Å². The van der Waals surface area contributed by atoms with E-state index in [1.165, 1.54) is 25.2 Å². The SMILES string of the molecule is CN(CC(N)=S)S(=O)(=O)c1cc(Cl)ccc1Cl. The minimum atomic E-state index is -3.74. The molecule has 0 aromatic heterocycles. The summed E-state index contributed by atoms with van der Waals surface area (Å²) in [6.07, 6.45) is 0. The van der Waals surface area contributed by atoms with Gasteiger partial charge in [0.1, 0.15) is 4.90 Å². The normalized spacial score (nSPS) is 11.8. The number of nitrogens with two attached hydrogens (primary N) is 1. The van der Waals surface area contributed by atoms with Crippen LogP contribution in [0.2, 0.25) is 10.0 Å². The molecule has 1 aromatic carbocycles. The van der Waals surface area contributed by atoms with Crippen molar-refractivity contribution in [3.05, 3.63) is 28.2 Å². The first kappa shape index (κ1) is 14.7. The molecule has 0 aliphatic carbocycles. The van der Waals surface area contributed by atoms with Crippen LogP contribution in [0.1, 0.15) is 0 Å². The Morgan fingerprint density at radius 3 is 2.59 bits per heavy atom. The Morgan fingerprint density at radius 2 is 2.06 bits per heavy atom. The molecule has 1 rings (SSSR count). The minimum absolute atomic E-state index is 0.0551. The fourth-order valence-corrected chi connectivity index (χ4v) is 3.30.